The van der Waals surface area contributed by atoms with E-state index in [1.54, 1.807) is 6.21 Å². The van der Waals surface area contributed by atoms with Gasteiger partial charge in [0.2, 0.25) is 17.8 Å². The van der Waals surface area contributed by atoms with E-state index >= 15 is 0 Å². The van der Waals surface area contributed by atoms with Gasteiger partial charge < -0.3 is 19.7 Å². The van der Waals surface area contributed by atoms with E-state index in [2.05, 4.69) is 35.7 Å². The van der Waals surface area contributed by atoms with Crippen molar-refractivity contribution >= 4 is 29.7 Å². The molecule has 1 aliphatic rings. The topological polar surface area (TPSA) is 96.8 Å². The van der Waals surface area contributed by atoms with Crippen LogP contribution < -0.4 is 25.1 Å². The van der Waals surface area contributed by atoms with E-state index in [4.69, 9.17) is 9.47 Å². The third-order valence-electron chi connectivity index (χ3n) is 6.18. The van der Waals surface area contributed by atoms with Gasteiger partial charge in [-0.2, -0.15) is 20.1 Å². The number of anilines is 4. The van der Waals surface area contributed by atoms with Crippen molar-refractivity contribution in [3.05, 3.63) is 90.0 Å². The fraction of sp³-hybridized carbons (Fsp3) is 0.267. The van der Waals surface area contributed by atoms with Crippen LogP contribution in [0.1, 0.15) is 37.3 Å². The number of piperidine rings is 1. The lowest BCUT2D eigenvalue weighted by Crippen LogP contribution is -2.31. The minimum Gasteiger partial charge on any atom is -0.490 e. The van der Waals surface area contributed by atoms with Gasteiger partial charge in [0.15, 0.2) is 11.5 Å². The molecule has 39 heavy (non-hydrogen) atoms. The van der Waals surface area contributed by atoms with Gasteiger partial charge in [-0.25, -0.2) is 5.43 Å². The molecule has 0 spiro atoms. The van der Waals surface area contributed by atoms with Crippen molar-refractivity contribution in [2.24, 2.45) is 5.10 Å². The Morgan fingerprint density at radius 1 is 0.821 bits per heavy atom. The predicted octanol–water partition coefficient (Wildman–Crippen LogP) is 6.03. The first-order chi connectivity index (χ1) is 19.3. The van der Waals surface area contributed by atoms with Crippen LogP contribution in [0.4, 0.5) is 23.5 Å². The standard InChI is InChI=1S/C30H33N7O2/c1-2-38-27-20-24(16-17-26(27)39-22-23-12-6-3-7-13-23)21-31-36-29-33-28(32-25-14-8-4-9-15-25)34-30(35-29)37-18-10-5-11-19-37/h3-4,6-9,12-17,20-21H,2,5,10-11,18-19,22H2,1H3,(H2,32,33,34,35,36). The van der Waals surface area contributed by atoms with Crippen LogP contribution in [0.25, 0.3) is 0 Å². The van der Waals surface area contributed by atoms with Gasteiger partial charge in [0.25, 0.3) is 0 Å². The van der Waals surface area contributed by atoms with Crippen LogP contribution in [0.3, 0.4) is 0 Å². The highest BCUT2D eigenvalue weighted by Crippen LogP contribution is 2.29. The fourth-order valence-corrected chi connectivity index (χ4v) is 4.25. The number of aromatic nitrogens is 3. The summed E-state index contributed by atoms with van der Waals surface area (Å²) < 4.78 is 11.8. The molecular weight excluding hydrogens is 490 g/mol. The number of hydrazone groups is 1. The van der Waals surface area contributed by atoms with Crippen LogP contribution >= 0.6 is 0 Å². The van der Waals surface area contributed by atoms with Gasteiger partial charge in [0, 0.05) is 18.8 Å². The van der Waals surface area contributed by atoms with Crippen molar-refractivity contribution < 1.29 is 9.47 Å². The minimum absolute atomic E-state index is 0.369. The van der Waals surface area contributed by atoms with E-state index in [0.717, 1.165) is 42.7 Å². The number of ether oxygens (including phenoxy) is 2. The van der Waals surface area contributed by atoms with E-state index in [0.29, 0.717) is 42.6 Å². The molecular formula is C30H33N7O2. The monoisotopic (exact) mass is 523 g/mol. The molecule has 0 saturated carbocycles. The van der Waals surface area contributed by atoms with Crippen molar-refractivity contribution in [1.29, 1.82) is 0 Å². The second kappa shape index (κ2) is 13.2. The van der Waals surface area contributed by atoms with Gasteiger partial charge in [-0.15, -0.1) is 0 Å². The maximum Gasteiger partial charge on any atom is 0.250 e. The number of benzene rings is 3. The number of nitrogens with one attached hydrogen (secondary N) is 2. The molecule has 0 bridgehead atoms. The number of rotatable bonds is 11. The second-order valence-corrected chi connectivity index (χ2v) is 9.10. The molecule has 5 rings (SSSR count). The summed E-state index contributed by atoms with van der Waals surface area (Å²) in [7, 11) is 0. The zero-order valence-corrected chi connectivity index (χ0v) is 22.1. The quantitative estimate of drug-likeness (QED) is 0.182. The smallest absolute Gasteiger partial charge is 0.250 e. The lowest BCUT2D eigenvalue weighted by molar-refractivity contribution is 0.269. The maximum absolute atomic E-state index is 6.01. The van der Waals surface area contributed by atoms with Crippen molar-refractivity contribution in [3.63, 3.8) is 0 Å². The summed E-state index contributed by atoms with van der Waals surface area (Å²) in [5.41, 5.74) is 5.83. The van der Waals surface area contributed by atoms with Gasteiger partial charge in [0.1, 0.15) is 6.61 Å². The Kier molecular flexibility index (Phi) is 8.81. The molecule has 1 saturated heterocycles. The Morgan fingerprint density at radius 2 is 1.56 bits per heavy atom. The predicted molar refractivity (Wildman–Crippen MR) is 155 cm³/mol. The molecule has 3 aromatic carbocycles. The van der Waals surface area contributed by atoms with Gasteiger partial charge in [0.05, 0.1) is 12.8 Å². The lowest BCUT2D eigenvalue weighted by Gasteiger charge is -2.26. The van der Waals surface area contributed by atoms with E-state index < -0.39 is 0 Å². The molecule has 4 aromatic rings. The van der Waals surface area contributed by atoms with E-state index in [1.165, 1.54) is 6.42 Å². The highest BCUT2D eigenvalue weighted by Gasteiger charge is 2.16. The van der Waals surface area contributed by atoms with E-state index in [9.17, 15) is 0 Å². The first-order valence-electron chi connectivity index (χ1n) is 13.3. The number of para-hydroxylation sites is 1. The third-order valence-corrected chi connectivity index (χ3v) is 6.18. The van der Waals surface area contributed by atoms with Gasteiger partial charge in [-0.3, -0.25) is 0 Å². The van der Waals surface area contributed by atoms with Crippen LogP contribution in [-0.2, 0) is 6.61 Å². The molecule has 1 aromatic heterocycles. The number of nitrogens with zero attached hydrogens (tertiary/aromatic N) is 5. The summed E-state index contributed by atoms with van der Waals surface area (Å²) in [6.07, 6.45) is 5.19. The summed E-state index contributed by atoms with van der Waals surface area (Å²) in [5.74, 6) is 2.82. The van der Waals surface area contributed by atoms with Gasteiger partial charge >= 0.3 is 0 Å². The second-order valence-electron chi connectivity index (χ2n) is 9.10. The molecule has 2 N–H and O–H groups in total. The molecule has 0 radical (unpaired) electrons. The zero-order valence-electron chi connectivity index (χ0n) is 22.1. The molecule has 200 valence electrons. The number of hydrogen-bond acceptors (Lipinski definition) is 9. The van der Waals surface area contributed by atoms with Crippen LogP contribution in [-0.4, -0.2) is 40.9 Å². The van der Waals surface area contributed by atoms with Crippen LogP contribution in [0.2, 0.25) is 0 Å². The molecule has 9 heteroatoms. The van der Waals surface area contributed by atoms with Crippen molar-refractivity contribution in [2.45, 2.75) is 32.8 Å². The average molecular weight is 524 g/mol. The molecule has 0 aliphatic carbocycles. The Hall–Kier alpha value is -4.66. The molecule has 9 nitrogen and oxygen atoms in total. The molecule has 1 fully saturated rings. The molecule has 2 heterocycles. The number of hydrogen-bond donors (Lipinski definition) is 2. The van der Waals surface area contributed by atoms with Crippen molar-refractivity contribution in [3.8, 4) is 11.5 Å². The van der Waals surface area contributed by atoms with E-state index in [-0.39, 0.29) is 0 Å². The van der Waals surface area contributed by atoms with Gasteiger partial charge in [-0.05, 0) is 67.6 Å². The largest absolute Gasteiger partial charge is 0.490 e. The van der Waals surface area contributed by atoms with E-state index in [1.807, 2.05) is 85.8 Å². The normalized spacial score (nSPS) is 13.3. The molecule has 0 amide bonds. The highest BCUT2D eigenvalue weighted by atomic mass is 16.5. The summed E-state index contributed by atoms with van der Waals surface area (Å²) >= 11 is 0. The summed E-state index contributed by atoms with van der Waals surface area (Å²) in [4.78, 5) is 16.0. The van der Waals surface area contributed by atoms with Gasteiger partial charge in [-0.1, -0.05) is 48.5 Å². The van der Waals surface area contributed by atoms with Crippen molar-refractivity contribution in [2.75, 3.05) is 35.3 Å². The summed E-state index contributed by atoms with van der Waals surface area (Å²) in [5, 5.41) is 7.67. The minimum atomic E-state index is 0.369. The highest BCUT2D eigenvalue weighted by molar-refractivity contribution is 5.81. The zero-order chi connectivity index (χ0) is 26.7. The molecule has 0 atom stereocenters. The summed E-state index contributed by atoms with van der Waals surface area (Å²) in [6, 6.07) is 25.6. The Balaban J connectivity index is 1.30. The summed E-state index contributed by atoms with van der Waals surface area (Å²) in [6.45, 7) is 4.80. The van der Waals surface area contributed by atoms with Crippen LogP contribution in [0.15, 0.2) is 84.0 Å². The molecule has 1 aliphatic heterocycles. The average Bonchev–Trinajstić information content (AvgIpc) is 2.98. The van der Waals surface area contributed by atoms with Crippen molar-refractivity contribution in [1.82, 2.24) is 15.0 Å². The van der Waals surface area contributed by atoms with Crippen LogP contribution in [0.5, 0.6) is 11.5 Å². The Bertz CT molecular complexity index is 1360. The fourth-order valence-electron chi connectivity index (χ4n) is 4.25. The maximum atomic E-state index is 6.01. The first-order valence-corrected chi connectivity index (χ1v) is 13.3. The third kappa shape index (κ3) is 7.44. The molecule has 0 unspecified atom stereocenters. The lowest BCUT2D eigenvalue weighted by atomic mass is 10.1. The SMILES string of the molecule is CCOc1cc(C=NNc2nc(Nc3ccccc3)nc(N3CCCCC3)n2)ccc1OCc1ccccc1. The Morgan fingerprint density at radius 3 is 2.33 bits per heavy atom. The first kappa shape index (κ1) is 26.0. The van der Waals surface area contributed by atoms with Crippen LogP contribution in [0, 0.1) is 0 Å². The Labute approximate surface area is 228 Å².